The number of allylic oxidation sites excluding steroid dienone is 1. The molecule has 3 rings (SSSR count). The maximum absolute atomic E-state index is 5.66. The zero-order valence-electron chi connectivity index (χ0n) is 13.9. The number of methoxy groups -OCH3 is 1. The molecule has 0 aliphatic carbocycles. The number of rotatable bonds is 6. The Balaban J connectivity index is 2.00. The van der Waals surface area contributed by atoms with Gasteiger partial charge >= 0.3 is 0 Å². The highest BCUT2D eigenvalue weighted by Crippen LogP contribution is 2.28. The number of aromatic nitrogens is 3. The van der Waals surface area contributed by atoms with Crippen molar-refractivity contribution in [2.75, 3.05) is 33.4 Å². The minimum atomic E-state index is 0.616. The molecule has 1 aromatic heterocycles. The van der Waals surface area contributed by atoms with Crippen molar-refractivity contribution >= 4 is 12.2 Å². The molecule has 24 heavy (non-hydrogen) atoms. The highest BCUT2D eigenvalue weighted by Gasteiger charge is 2.19. The number of hydrogen-bond donors (Lipinski definition) is 1. The van der Waals surface area contributed by atoms with E-state index in [1.807, 2.05) is 39.6 Å². The third-order valence-electron chi connectivity index (χ3n) is 4.16. The summed E-state index contributed by atoms with van der Waals surface area (Å²) in [5, 5.41) is 4.79. The van der Waals surface area contributed by atoms with E-state index >= 15 is 0 Å². The van der Waals surface area contributed by atoms with E-state index in [0.29, 0.717) is 11.3 Å². The molecule has 2 aromatic rings. The Kier molecular flexibility index (Phi) is 5.44. The molecule has 1 aliphatic rings. The van der Waals surface area contributed by atoms with Crippen LogP contribution in [0.15, 0.2) is 36.9 Å². The van der Waals surface area contributed by atoms with Gasteiger partial charge in [-0.15, -0.1) is 11.7 Å². The largest absolute Gasteiger partial charge is 0.496 e. The number of ether oxygens (including phenoxy) is 2. The van der Waals surface area contributed by atoms with Gasteiger partial charge in [-0.2, -0.15) is 4.68 Å². The Morgan fingerprint density at radius 2 is 2.12 bits per heavy atom. The van der Waals surface area contributed by atoms with Crippen LogP contribution < -0.4 is 9.64 Å². The number of benzene rings is 1. The second-order valence-corrected chi connectivity index (χ2v) is 6.09. The number of hydrogen-bond acceptors (Lipinski definition) is 4. The molecule has 1 saturated heterocycles. The van der Waals surface area contributed by atoms with Crippen molar-refractivity contribution in [2.45, 2.75) is 13.2 Å². The minimum absolute atomic E-state index is 0.616. The average Bonchev–Trinajstić information content (AvgIpc) is 2.92. The van der Waals surface area contributed by atoms with Gasteiger partial charge in [-0.25, -0.2) is 0 Å². The van der Waals surface area contributed by atoms with Gasteiger partial charge in [-0.1, -0.05) is 18.2 Å². The van der Waals surface area contributed by atoms with Gasteiger partial charge in [0.1, 0.15) is 18.8 Å². The first kappa shape index (κ1) is 16.9. The molecule has 1 N–H and O–H groups in total. The molecule has 0 spiro atoms. The first-order valence-electron chi connectivity index (χ1n) is 8.08. The fourth-order valence-corrected chi connectivity index (χ4v) is 3.16. The Morgan fingerprint density at radius 3 is 2.83 bits per heavy atom. The smallest absolute Gasteiger partial charge is 0.203 e. The van der Waals surface area contributed by atoms with Gasteiger partial charge in [0.2, 0.25) is 4.77 Å². The molecule has 7 heteroatoms. The van der Waals surface area contributed by atoms with Gasteiger partial charge in [-0.3, -0.25) is 4.57 Å². The Hall–Kier alpha value is -1.96. The van der Waals surface area contributed by atoms with Crippen molar-refractivity contribution in [2.24, 2.45) is 0 Å². The molecular formula is C17H23N4O2S+. The van der Waals surface area contributed by atoms with Gasteiger partial charge < -0.3 is 14.4 Å². The Morgan fingerprint density at radius 1 is 1.38 bits per heavy atom. The van der Waals surface area contributed by atoms with Crippen LogP contribution in [0.1, 0.15) is 0 Å². The van der Waals surface area contributed by atoms with E-state index in [1.165, 1.54) is 4.90 Å². The van der Waals surface area contributed by atoms with Crippen LogP contribution in [0, 0.1) is 4.77 Å². The molecule has 0 atom stereocenters. The van der Waals surface area contributed by atoms with E-state index < -0.39 is 0 Å². The lowest BCUT2D eigenvalue weighted by Gasteiger charge is -2.23. The van der Waals surface area contributed by atoms with E-state index in [-0.39, 0.29) is 0 Å². The molecule has 0 unspecified atom stereocenters. The Labute approximate surface area is 146 Å². The van der Waals surface area contributed by atoms with Crippen LogP contribution in [0.2, 0.25) is 0 Å². The predicted molar refractivity (Wildman–Crippen MR) is 94.8 cm³/mol. The van der Waals surface area contributed by atoms with Crippen LogP contribution in [0.5, 0.6) is 5.75 Å². The molecule has 0 amide bonds. The molecule has 2 heterocycles. The summed E-state index contributed by atoms with van der Waals surface area (Å²) in [7, 11) is 1.67. The van der Waals surface area contributed by atoms with Crippen molar-refractivity contribution in [3.63, 3.8) is 0 Å². The maximum Gasteiger partial charge on any atom is 0.203 e. The zero-order valence-corrected chi connectivity index (χ0v) is 14.7. The van der Waals surface area contributed by atoms with Crippen LogP contribution in [0.4, 0.5) is 0 Å². The highest BCUT2D eigenvalue weighted by molar-refractivity contribution is 7.71. The molecule has 1 fully saturated rings. The summed E-state index contributed by atoms with van der Waals surface area (Å²) in [5.41, 5.74) is 0.934. The average molecular weight is 347 g/mol. The fraction of sp³-hybridized carbons (Fsp3) is 0.412. The van der Waals surface area contributed by atoms with Gasteiger partial charge in [0, 0.05) is 6.54 Å². The fourth-order valence-electron chi connectivity index (χ4n) is 2.90. The summed E-state index contributed by atoms with van der Waals surface area (Å²) >= 11 is 5.66. The first-order chi connectivity index (χ1) is 11.7. The number of nitrogens with zero attached hydrogens (tertiary/aromatic N) is 3. The van der Waals surface area contributed by atoms with Gasteiger partial charge in [0.05, 0.1) is 25.9 Å². The van der Waals surface area contributed by atoms with Crippen LogP contribution in [0.3, 0.4) is 0 Å². The second-order valence-electron chi connectivity index (χ2n) is 5.73. The van der Waals surface area contributed by atoms with Gasteiger partial charge in [0.25, 0.3) is 0 Å². The number of morpholine rings is 1. The van der Waals surface area contributed by atoms with Crippen molar-refractivity contribution < 1.29 is 14.4 Å². The van der Waals surface area contributed by atoms with E-state index in [1.54, 1.807) is 7.11 Å². The SMILES string of the molecule is C=CCn1c(-c2ccccc2OC)nn(C[NH+]2CCOCC2)c1=S. The monoisotopic (exact) mass is 347 g/mol. The summed E-state index contributed by atoms with van der Waals surface area (Å²) in [6.07, 6.45) is 1.84. The van der Waals surface area contributed by atoms with Crippen LogP contribution >= 0.6 is 12.2 Å². The predicted octanol–water partition coefficient (Wildman–Crippen LogP) is 1.15. The normalized spacial score (nSPS) is 15.4. The first-order valence-corrected chi connectivity index (χ1v) is 8.48. The van der Waals surface area contributed by atoms with Gasteiger partial charge in [0.15, 0.2) is 12.5 Å². The minimum Gasteiger partial charge on any atom is -0.496 e. The van der Waals surface area contributed by atoms with Crippen LogP contribution in [-0.4, -0.2) is 47.8 Å². The third-order valence-corrected chi connectivity index (χ3v) is 4.59. The molecule has 6 nitrogen and oxygen atoms in total. The van der Waals surface area contributed by atoms with Crippen molar-refractivity contribution in [1.82, 2.24) is 14.3 Å². The standard InChI is InChI=1S/C17H22N4O2S/c1-3-8-20-16(14-6-4-5-7-15(14)22-2)18-21(17(20)24)13-19-9-11-23-12-10-19/h3-7H,1,8-13H2,2H3/p+1. The van der Waals surface area contributed by atoms with Gasteiger partial charge in [-0.05, 0) is 24.4 Å². The molecule has 128 valence electrons. The van der Waals surface area contributed by atoms with Crippen LogP contribution in [0.25, 0.3) is 11.4 Å². The summed E-state index contributed by atoms with van der Waals surface area (Å²) in [4.78, 5) is 1.42. The third kappa shape index (κ3) is 3.43. The number of para-hydroxylation sites is 1. The van der Waals surface area contributed by atoms with Crippen molar-refractivity contribution in [3.8, 4) is 17.1 Å². The molecule has 0 bridgehead atoms. The van der Waals surface area contributed by atoms with E-state index in [4.69, 9.17) is 26.8 Å². The van der Waals surface area contributed by atoms with E-state index in [2.05, 4.69) is 6.58 Å². The molecule has 1 aromatic carbocycles. The van der Waals surface area contributed by atoms with E-state index in [0.717, 1.165) is 50.1 Å². The lowest BCUT2D eigenvalue weighted by atomic mass is 10.2. The molecule has 0 saturated carbocycles. The number of nitrogens with one attached hydrogen (secondary N) is 1. The summed E-state index contributed by atoms with van der Waals surface area (Å²) in [6.45, 7) is 8.72. The van der Waals surface area contributed by atoms with Crippen molar-refractivity contribution in [1.29, 1.82) is 0 Å². The maximum atomic E-state index is 5.66. The second kappa shape index (κ2) is 7.74. The topological polar surface area (TPSA) is 45.7 Å². The summed E-state index contributed by atoms with van der Waals surface area (Å²) in [5.74, 6) is 1.60. The lowest BCUT2D eigenvalue weighted by Crippen LogP contribution is -3.13. The summed E-state index contributed by atoms with van der Waals surface area (Å²) in [6, 6.07) is 7.86. The van der Waals surface area contributed by atoms with Crippen LogP contribution in [-0.2, 0) is 18.0 Å². The summed E-state index contributed by atoms with van der Waals surface area (Å²) < 4.78 is 15.5. The molecule has 1 aliphatic heterocycles. The lowest BCUT2D eigenvalue weighted by molar-refractivity contribution is -0.930. The molecular weight excluding hydrogens is 324 g/mol. The molecule has 0 radical (unpaired) electrons. The van der Waals surface area contributed by atoms with E-state index in [9.17, 15) is 0 Å². The zero-order chi connectivity index (χ0) is 16.9. The van der Waals surface area contributed by atoms with Crippen molar-refractivity contribution in [3.05, 3.63) is 41.7 Å². The number of quaternary nitrogens is 1. The quantitative estimate of drug-likeness (QED) is 0.629. The Bertz CT molecular complexity index is 762. The highest BCUT2D eigenvalue weighted by atomic mass is 32.1.